The smallest absolute Gasteiger partial charge is 0.220 e. The van der Waals surface area contributed by atoms with E-state index in [0.717, 1.165) is 28.1 Å². The van der Waals surface area contributed by atoms with Gasteiger partial charge in [0.1, 0.15) is 5.82 Å². The van der Waals surface area contributed by atoms with Crippen molar-refractivity contribution in [2.24, 2.45) is 0 Å². The van der Waals surface area contributed by atoms with Crippen LogP contribution in [0.5, 0.6) is 0 Å². The van der Waals surface area contributed by atoms with E-state index in [2.05, 4.69) is 10.4 Å². The molecule has 0 spiro atoms. The molecule has 6 nitrogen and oxygen atoms in total. The number of carbonyl (C=O) groups is 1. The molecular formula is C28H24FN5O. The first-order chi connectivity index (χ1) is 17.2. The molecule has 0 aliphatic carbocycles. The first-order valence-corrected chi connectivity index (χ1v) is 11.4. The molecule has 2 heterocycles. The van der Waals surface area contributed by atoms with E-state index in [4.69, 9.17) is 5.10 Å². The van der Waals surface area contributed by atoms with Crippen LogP contribution in [0.3, 0.4) is 0 Å². The fraction of sp³-hybridized carbons (Fsp3) is 0.107. The van der Waals surface area contributed by atoms with Crippen molar-refractivity contribution in [1.82, 2.24) is 24.9 Å². The minimum atomic E-state index is -0.304. The fourth-order valence-corrected chi connectivity index (χ4v) is 3.85. The highest BCUT2D eigenvalue weighted by Gasteiger charge is 2.14. The number of nitrogens with one attached hydrogen (secondary N) is 1. The van der Waals surface area contributed by atoms with Gasteiger partial charge in [-0.15, -0.1) is 0 Å². The Morgan fingerprint density at radius 3 is 2.17 bits per heavy atom. The van der Waals surface area contributed by atoms with Crippen LogP contribution >= 0.6 is 0 Å². The number of nitrogens with zero attached hydrogens (tertiary/aromatic N) is 4. The molecule has 5 rings (SSSR count). The van der Waals surface area contributed by atoms with E-state index >= 15 is 0 Å². The Kier molecular flexibility index (Phi) is 6.48. The summed E-state index contributed by atoms with van der Waals surface area (Å²) in [4.78, 5) is 12.6. The second kappa shape index (κ2) is 10.2. The average Bonchev–Trinajstić information content (AvgIpc) is 3.55. The molecule has 0 bridgehead atoms. The van der Waals surface area contributed by atoms with Crippen molar-refractivity contribution < 1.29 is 9.18 Å². The zero-order valence-electron chi connectivity index (χ0n) is 19.0. The first-order valence-electron chi connectivity index (χ1n) is 11.4. The normalized spacial score (nSPS) is 10.9. The number of benzene rings is 3. The third-order valence-corrected chi connectivity index (χ3v) is 5.70. The minimum absolute atomic E-state index is 0.0602. The van der Waals surface area contributed by atoms with Gasteiger partial charge in [0.15, 0.2) is 0 Å². The summed E-state index contributed by atoms with van der Waals surface area (Å²) in [6.45, 7) is 0.321. The van der Waals surface area contributed by atoms with Crippen LogP contribution in [0.2, 0.25) is 0 Å². The van der Waals surface area contributed by atoms with E-state index in [-0.39, 0.29) is 11.7 Å². The van der Waals surface area contributed by atoms with Gasteiger partial charge in [0.2, 0.25) is 5.91 Å². The molecule has 2 aromatic heterocycles. The largest absolute Gasteiger partial charge is 0.352 e. The molecule has 1 amide bonds. The second-order valence-electron chi connectivity index (χ2n) is 8.20. The number of amides is 1. The topological polar surface area (TPSA) is 64.7 Å². The predicted molar refractivity (Wildman–Crippen MR) is 133 cm³/mol. The van der Waals surface area contributed by atoms with Crippen molar-refractivity contribution in [3.05, 3.63) is 120 Å². The Labute approximate surface area is 202 Å². The van der Waals surface area contributed by atoms with Crippen LogP contribution < -0.4 is 5.32 Å². The summed E-state index contributed by atoms with van der Waals surface area (Å²) in [5, 5.41) is 12.1. The number of halogens is 1. The molecule has 0 fully saturated rings. The van der Waals surface area contributed by atoms with Crippen molar-refractivity contribution >= 4 is 5.91 Å². The molecule has 0 saturated carbocycles. The Bertz CT molecular complexity index is 1410. The van der Waals surface area contributed by atoms with Gasteiger partial charge in [0, 0.05) is 36.5 Å². The number of hydrogen-bond donors (Lipinski definition) is 1. The van der Waals surface area contributed by atoms with Gasteiger partial charge in [0.25, 0.3) is 0 Å². The summed E-state index contributed by atoms with van der Waals surface area (Å²) < 4.78 is 17.0. The predicted octanol–water partition coefficient (Wildman–Crippen LogP) is 5.11. The van der Waals surface area contributed by atoms with E-state index < -0.39 is 0 Å². The molecule has 174 valence electrons. The molecular weight excluding hydrogens is 441 g/mol. The molecule has 3 aromatic carbocycles. The van der Waals surface area contributed by atoms with Crippen molar-refractivity contribution in [2.75, 3.05) is 0 Å². The van der Waals surface area contributed by atoms with Crippen LogP contribution in [0.25, 0.3) is 22.6 Å². The van der Waals surface area contributed by atoms with Crippen molar-refractivity contribution in [3.63, 3.8) is 0 Å². The first kappa shape index (κ1) is 22.3. The number of aromatic nitrogens is 4. The molecule has 0 aliphatic heterocycles. The van der Waals surface area contributed by atoms with Gasteiger partial charge in [-0.2, -0.15) is 10.2 Å². The van der Waals surface area contributed by atoms with Crippen LogP contribution in [-0.4, -0.2) is 25.5 Å². The van der Waals surface area contributed by atoms with E-state index in [1.807, 2.05) is 73.1 Å². The molecule has 0 radical (unpaired) electrons. The zero-order valence-corrected chi connectivity index (χ0v) is 19.0. The average molecular weight is 466 g/mol. The van der Waals surface area contributed by atoms with Crippen LogP contribution in [0.4, 0.5) is 4.39 Å². The third kappa shape index (κ3) is 5.35. The van der Waals surface area contributed by atoms with E-state index in [9.17, 15) is 9.18 Å². The lowest BCUT2D eigenvalue weighted by atomic mass is 10.1. The van der Waals surface area contributed by atoms with Gasteiger partial charge >= 0.3 is 0 Å². The van der Waals surface area contributed by atoms with Crippen LogP contribution in [0.1, 0.15) is 17.5 Å². The maximum atomic E-state index is 13.5. The van der Waals surface area contributed by atoms with Gasteiger partial charge in [0.05, 0.1) is 23.3 Å². The van der Waals surface area contributed by atoms with E-state index in [1.165, 1.54) is 12.1 Å². The molecule has 35 heavy (non-hydrogen) atoms. The molecule has 5 aromatic rings. The fourth-order valence-electron chi connectivity index (χ4n) is 3.85. The molecule has 1 N–H and O–H groups in total. The monoisotopic (exact) mass is 465 g/mol. The molecule has 0 aliphatic rings. The maximum Gasteiger partial charge on any atom is 0.220 e. The van der Waals surface area contributed by atoms with Crippen molar-refractivity contribution in [1.29, 1.82) is 0 Å². The summed E-state index contributed by atoms with van der Waals surface area (Å²) in [6, 6.07) is 25.8. The second-order valence-corrected chi connectivity index (χ2v) is 8.20. The molecule has 0 atom stereocenters. The Hall–Kier alpha value is -4.52. The van der Waals surface area contributed by atoms with Gasteiger partial charge in [-0.3, -0.25) is 4.79 Å². The van der Waals surface area contributed by atoms with E-state index in [1.54, 1.807) is 27.7 Å². The summed E-state index contributed by atoms with van der Waals surface area (Å²) in [7, 11) is 0. The van der Waals surface area contributed by atoms with Gasteiger partial charge < -0.3 is 5.32 Å². The number of hydrogen-bond acceptors (Lipinski definition) is 3. The quantitative estimate of drug-likeness (QED) is 0.346. The summed E-state index contributed by atoms with van der Waals surface area (Å²) in [5.41, 5.74) is 5.23. The highest BCUT2D eigenvalue weighted by Crippen LogP contribution is 2.24. The summed E-state index contributed by atoms with van der Waals surface area (Å²) in [6.07, 6.45) is 6.57. The van der Waals surface area contributed by atoms with E-state index in [0.29, 0.717) is 25.1 Å². The number of para-hydroxylation sites is 2. The summed E-state index contributed by atoms with van der Waals surface area (Å²) in [5.74, 6) is -0.364. The lowest BCUT2D eigenvalue weighted by Crippen LogP contribution is -2.23. The van der Waals surface area contributed by atoms with Gasteiger partial charge in [-0.25, -0.2) is 13.8 Å². The molecule has 7 heteroatoms. The highest BCUT2D eigenvalue weighted by atomic mass is 19.1. The van der Waals surface area contributed by atoms with Gasteiger partial charge in [-0.1, -0.05) is 36.4 Å². The van der Waals surface area contributed by atoms with Crippen LogP contribution in [-0.2, 0) is 17.8 Å². The van der Waals surface area contributed by atoms with Crippen LogP contribution in [0, 0.1) is 5.82 Å². The maximum absolute atomic E-state index is 13.5. The standard InChI is InChI=1S/C28H24FN5O/c29-24-14-12-22(13-15-24)28-23(20-34(32-28)26-9-5-2-6-10-26)18-30-27(35)16-11-21-17-31-33(19-21)25-7-3-1-4-8-25/h1-10,12-15,17,19-20H,11,16,18H2,(H,30,35). The summed E-state index contributed by atoms with van der Waals surface area (Å²) >= 11 is 0. The highest BCUT2D eigenvalue weighted by molar-refractivity contribution is 5.76. The number of rotatable bonds is 8. The lowest BCUT2D eigenvalue weighted by Gasteiger charge is -2.05. The number of carbonyl (C=O) groups excluding carboxylic acids is 1. The SMILES string of the molecule is O=C(CCc1cnn(-c2ccccc2)c1)NCc1cn(-c2ccccc2)nc1-c1ccc(F)cc1. The Morgan fingerprint density at radius 1 is 0.829 bits per heavy atom. The molecule has 0 unspecified atom stereocenters. The number of aryl methyl sites for hydroxylation is 1. The van der Waals surface area contributed by atoms with Crippen molar-refractivity contribution in [3.8, 4) is 22.6 Å². The van der Waals surface area contributed by atoms with Crippen molar-refractivity contribution in [2.45, 2.75) is 19.4 Å². The lowest BCUT2D eigenvalue weighted by molar-refractivity contribution is -0.121. The Morgan fingerprint density at radius 2 is 1.49 bits per heavy atom. The van der Waals surface area contributed by atoms with Gasteiger partial charge in [-0.05, 0) is 60.5 Å². The zero-order chi connectivity index (χ0) is 24.0. The van der Waals surface area contributed by atoms with Crippen LogP contribution in [0.15, 0.2) is 104 Å². The molecule has 0 saturated heterocycles. The Balaban J connectivity index is 1.26. The minimum Gasteiger partial charge on any atom is -0.352 e. The third-order valence-electron chi connectivity index (χ3n) is 5.70.